The van der Waals surface area contributed by atoms with Crippen molar-refractivity contribution in [1.82, 2.24) is 15.1 Å². The lowest BCUT2D eigenvalue weighted by atomic mass is 10.2. The van der Waals surface area contributed by atoms with Gasteiger partial charge in [0.2, 0.25) is 0 Å². The van der Waals surface area contributed by atoms with Crippen LogP contribution in [-0.2, 0) is 0 Å². The lowest BCUT2D eigenvalue weighted by Crippen LogP contribution is -2.28. The van der Waals surface area contributed by atoms with Crippen LogP contribution in [0.5, 0.6) is 5.75 Å². The SMILES string of the molecule is Clc1ccc(-n2cc(OCC3CCCN3)cn2)cc1. The van der Waals surface area contributed by atoms with E-state index in [1.54, 1.807) is 10.9 Å². The Morgan fingerprint density at radius 1 is 1.37 bits per heavy atom. The quantitative estimate of drug-likeness (QED) is 0.934. The smallest absolute Gasteiger partial charge is 0.157 e. The number of nitrogens with one attached hydrogen (secondary N) is 1. The summed E-state index contributed by atoms with van der Waals surface area (Å²) in [6, 6.07) is 8.03. The normalized spacial score (nSPS) is 18.7. The maximum atomic E-state index is 5.87. The molecule has 5 heteroatoms. The van der Waals surface area contributed by atoms with Crippen molar-refractivity contribution < 1.29 is 4.74 Å². The molecule has 4 nitrogen and oxygen atoms in total. The van der Waals surface area contributed by atoms with Crippen molar-refractivity contribution in [2.45, 2.75) is 18.9 Å². The molecular formula is C14H16ClN3O. The number of hydrogen-bond donors (Lipinski definition) is 1. The Kier molecular flexibility index (Phi) is 3.71. The van der Waals surface area contributed by atoms with Crippen molar-refractivity contribution in [2.24, 2.45) is 0 Å². The van der Waals surface area contributed by atoms with Gasteiger partial charge in [0.05, 0.1) is 18.1 Å². The third-order valence-electron chi connectivity index (χ3n) is 3.26. The van der Waals surface area contributed by atoms with E-state index in [-0.39, 0.29) is 0 Å². The highest BCUT2D eigenvalue weighted by molar-refractivity contribution is 6.30. The summed E-state index contributed by atoms with van der Waals surface area (Å²) >= 11 is 5.87. The van der Waals surface area contributed by atoms with Crippen LogP contribution < -0.4 is 10.1 Å². The summed E-state index contributed by atoms with van der Waals surface area (Å²) in [6.07, 6.45) is 6.05. The summed E-state index contributed by atoms with van der Waals surface area (Å²) in [7, 11) is 0. The van der Waals surface area contributed by atoms with Crippen LogP contribution in [0.25, 0.3) is 5.69 Å². The van der Waals surface area contributed by atoms with Crippen LogP contribution >= 0.6 is 11.6 Å². The fourth-order valence-electron chi connectivity index (χ4n) is 2.21. The van der Waals surface area contributed by atoms with Gasteiger partial charge in [-0.15, -0.1) is 0 Å². The zero-order valence-corrected chi connectivity index (χ0v) is 11.3. The molecule has 3 rings (SSSR count). The summed E-state index contributed by atoms with van der Waals surface area (Å²) in [5.41, 5.74) is 0.971. The summed E-state index contributed by atoms with van der Waals surface area (Å²) < 4.78 is 7.53. The van der Waals surface area contributed by atoms with E-state index < -0.39 is 0 Å². The van der Waals surface area contributed by atoms with E-state index in [9.17, 15) is 0 Å². The number of benzene rings is 1. The minimum atomic E-state index is 0.471. The fraction of sp³-hybridized carbons (Fsp3) is 0.357. The molecule has 1 N–H and O–H groups in total. The molecule has 1 aromatic heterocycles. The Bertz CT molecular complexity index is 532. The number of aromatic nitrogens is 2. The molecule has 19 heavy (non-hydrogen) atoms. The Hall–Kier alpha value is -1.52. The predicted molar refractivity (Wildman–Crippen MR) is 75.1 cm³/mol. The molecule has 2 heterocycles. The second kappa shape index (κ2) is 5.63. The molecule has 1 aliphatic rings. The Labute approximate surface area is 117 Å². The van der Waals surface area contributed by atoms with Gasteiger partial charge < -0.3 is 10.1 Å². The summed E-state index contributed by atoms with van der Waals surface area (Å²) in [4.78, 5) is 0. The van der Waals surface area contributed by atoms with E-state index in [1.165, 1.54) is 12.8 Å². The van der Waals surface area contributed by atoms with Gasteiger partial charge in [0.15, 0.2) is 5.75 Å². The van der Waals surface area contributed by atoms with E-state index in [0.717, 1.165) is 23.0 Å². The van der Waals surface area contributed by atoms with E-state index in [4.69, 9.17) is 16.3 Å². The van der Waals surface area contributed by atoms with Gasteiger partial charge in [-0.3, -0.25) is 0 Å². The average Bonchev–Trinajstić information content (AvgIpc) is 3.09. The third-order valence-corrected chi connectivity index (χ3v) is 3.52. The Morgan fingerprint density at radius 2 is 2.21 bits per heavy atom. The van der Waals surface area contributed by atoms with Gasteiger partial charge >= 0.3 is 0 Å². The van der Waals surface area contributed by atoms with E-state index in [0.29, 0.717) is 12.6 Å². The highest BCUT2D eigenvalue weighted by Crippen LogP contribution is 2.17. The zero-order chi connectivity index (χ0) is 13.1. The average molecular weight is 278 g/mol. The molecule has 1 fully saturated rings. The summed E-state index contributed by atoms with van der Waals surface area (Å²) in [5.74, 6) is 0.795. The number of nitrogens with zero attached hydrogens (tertiary/aromatic N) is 2. The van der Waals surface area contributed by atoms with Gasteiger partial charge in [-0.2, -0.15) is 5.10 Å². The minimum absolute atomic E-state index is 0.471. The first kappa shape index (κ1) is 12.5. The topological polar surface area (TPSA) is 39.1 Å². The summed E-state index contributed by atoms with van der Waals surface area (Å²) in [5, 5.41) is 8.42. The molecule has 0 radical (unpaired) electrons. The highest BCUT2D eigenvalue weighted by Gasteiger charge is 2.14. The number of hydrogen-bond acceptors (Lipinski definition) is 3. The second-order valence-corrected chi connectivity index (χ2v) is 5.14. The predicted octanol–water partition coefficient (Wildman–Crippen LogP) is 2.66. The highest BCUT2D eigenvalue weighted by atomic mass is 35.5. The largest absolute Gasteiger partial charge is 0.489 e. The van der Waals surface area contributed by atoms with E-state index in [2.05, 4.69) is 10.4 Å². The molecule has 100 valence electrons. The molecule has 1 atom stereocenters. The van der Waals surface area contributed by atoms with E-state index in [1.807, 2.05) is 30.5 Å². The number of halogens is 1. The van der Waals surface area contributed by atoms with Gasteiger partial charge in [0.1, 0.15) is 6.61 Å². The lowest BCUT2D eigenvalue weighted by Gasteiger charge is -2.10. The van der Waals surface area contributed by atoms with Crippen LogP contribution in [0.1, 0.15) is 12.8 Å². The number of ether oxygens (including phenoxy) is 1. The second-order valence-electron chi connectivity index (χ2n) is 4.70. The molecular weight excluding hydrogens is 262 g/mol. The van der Waals surface area contributed by atoms with Gasteiger partial charge in [0, 0.05) is 11.1 Å². The van der Waals surface area contributed by atoms with Crippen LogP contribution in [0.4, 0.5) is 0 Å². The number of rotatable bonds is 4. The van der Waals surface area contributed by atoms with Crippen molar-refractivity contribution in [3.8, 4) is 11.4 Å². The monoisotopic (exact) mass is 277 g/mol. The van der Waals surface area contributed by atoms with Crippen molar-refractivity contribution in [2.75, 3.05) is 13.2 Å². The van der Waals surface area contributed by atoms with Crippen LogP contribution in [0.2, 0.25) is 5.02 Å². The van der Waals surface area contributed by atoms with E-state index >= 15 is 0 Å². The lowest BCUT2D eigenvalue weighted by molar-refractivity contribution is 0.277. The van der Waals surface area contributed by atoms with Gasteiger partial charge in [-0.05, 0) is 43.7 Å². The van der Waals surface area contributed by atoms with Gasteiger partial charge in [0.25, 0.3) is 0 Å². The molecule has 1 saturated heterocycles. The first-order valence-electron chi connectivity index (χ1n) is 6.48. The fourth-order valence-corrected chi connectivity index (χ4v) is 2.34. The van der Waals surface area contributed by atoms with Crippen LogP contribution in [-0.4, -0.2) is 29.0 Å². The van der Waals surface area contributed by atoms with Gasteiger partial charge in [-0.1, -0.05) is 11.6 Å². The zero-order valence-electron chi connectivity index (χ0n) is 10.6. The first-order valence-corrected chi connectivity index (χ1v) is 6.86. The van der Waals surface area contributed by atoms with Crippen LogP contribution in [0, 0.1) is 0 Å². The molecule has 1 aromatic carbocycles. The van der Waals surface area contributed by atoms with Crippen LogP contribution in [0.3, 0.4) is 0 Å². The van der Waals surface area contributed by atoms with Crippen LogP contribution in [0.15, 0.2) is 36.7 Å². The third kappa shape index (κ3) is 3.08. The Morgan fingerprint density at radius 3 is 2.95 bits per heavy atom. The van der Waals surface area contributed by atoms with Crippen molar-refractivity contribution in [3.05, 3.63) is 41.7 Å². The molecule has 1 aliphatic heterocycles. The minimum Gasteiger partial charge on any atom is -0.489 e. The molecule has 0 aliphatic carbocycles. The Balaban J connectivity index is 1.63. The first-order chi connectivity index (χ1) is 9.31. The molecule has 0 saturated carbocycles. The molecule has 0 bridgehead atoms. The standard InChI is InChI=1S/C14H16ClN3O/c15-11-3-5-13(6-4-11)18-9-14(8-17-18)19-10-12-2-1-7-16-12/h3-6,8-9,12,16H,1-2,7,10H2. The molecule has 2 aromatic rings. The van der Waals surface area contributed by atoms with Crippen molar-refractivity contribution in [1.29, 1.82) is 0 Å². The van der Waals surface area contributed by atoms with Crippen molar-refractivity contribution in [3.63, 3.8) is 0 Å². The van der Waals surface area contributed by atoms with Gasteiger partial charge in [-0.25, -0.2) is 4.68 Å². The summed E-state index contributed by atoms with van der Waals surface area (Å²) in [6.45, 7) is 1.80. The maximum absolute atomic E-state index is 5.87. The molecule has 0 amide bonds. The molecule has 0 spiro atoms. The maximum Gasteiger partial charge on any atom is 0.157 e. The molecule has 1 unspecified atom stereocenters. The van der Waals surface area contributed by atoms with Crippen molar-refractivity contribution >= 4 is 11.6 Å².